The number of carbonyl (C=O) groups is 1. The second-order valence-corrected chi connectivity index (χ2v) is 5.08. The van der Waals surface area contributed by atoms with E-state index in [1.165, 1.54) is 6.20 Å². The number of amides is 1. The number of carbonyl (C=O) groups excluding carboxylic acids is 1. The SMILES string of the molecule is C=CN=C/C(=C\C)C(=O)N1CCC(C(C)C)CC1. The standard InChI is InChI=1S/C15H24N2O/c1-5-13(11-16-6-2)15(18)17-9-7-14(8-10-17)12(3)4/h5-6,11-12,14H,2,7-10H2,1,3-4H3/b13-5+,16-11?. The minimum absolute atomic E-state index is 0.0882. The molecule has 0 N–H and O–H groups in total. The molecular formula is C15H24N2O. The molecule has 0 aromatic carbocycles. The summed E-state index contributed by atoms with van der Waals surface area (Å²) in [6, 6.07) is 0. The molecule has 0 aromatic heterocycles. The van der Waals surface area contributed by atoms with E-state index in [1.807, 2.05) is 17.9 Å². The van der Waals surface area contributed by atoms with Crippen LogP contribution in [0.2, 0.25) is 0 Å². The van der Waals surface area contributed by atoms with Crippen molar-refractivity contribution in [1.29, 1.82) is 0 Å². The van der Waals surface area contributed by atoms with Crippen LogP contribution in [0.25, 0.3) is 0 Å². The van der Waals surface area contributed by atoms with Crippen molar-refractivity contribution in [2.45, 2.75) is 33.6 Å². The Bertz CT molecular complexity index is 348. The molecule has 3 heteroatoms. The van der Waals surface area contributed by atoms with Crippen molar-refractivity contribution < 1.29 is 4.79 Å². The maximum absolute atomic E-state index is 12.2. The van der Waals surface area contributed by atoms with E-state index < -0.39 is 0 Å². The minimum atomic E-state index is 0.0882. The fraction of sp³-hybridized carbons (Fsp3) is 0.600. The minimum Gasteiger partial charge on any atom is -0.339 e. The van der Waals surface area contributed by atoms with Gasteiger partial charge in [0.05, 0.1) is 5.57 Å². The third-order valence-electron chi connectivity index (χ3n) is 3.65. The average molecular weight is 248 g/mol. The molecule has 18 heavy (non-hydrogen) atoms. The molecule has 0 spiro atoms. The molecule has 1 heterocycles. The highest BCUT2D eigenvalue weighted by atomic mass is 16.2. The zero-order valence-electron chi connectivity index (χ0n) is 11.7. The van der Waals surface area contributed by atoms with Gasteiger partial charge in [-0.25, -0.2) is 0 Å². The molecule has 1 amide bonds. The van der Waals surface area contributed by atoms with Crippen molar-refractivity contribution in [3.05, 3.63) is 24.4 Å². The van der Waals surface area contributed by atoms with Gasteiger partial charge in [0, 0.05) is 25.5 Å². The summed E-state index contributed by atoms with van der Waals surface area (Å²) in [5.74, 6) is 1.56. The maximum atomic E-state index is 12.2. The van der Waals surface area contributed by atoms with Crippen molar-refractivity contribution in [3.63, 3.8) is 0 Å². The number of likely N-dealkylation sites (tertiary alicyclic amines) is 1. The van der Waals surface area contributed by atoms with E-state index in [4.69, 9.17) is 0 Å². The molecule has 3 nitrogen and oxygen atoms in total. The first-order valence-electron chi connectivity index (χ1n) is 6.69. The van der Waals surface area contributed by atoms with Gasteiger partial charge in [-0.3, -0.25) is 9.79 Å². The van der Waals surface area contributed by atoms with Gasteiger partial charge in [-0.1, -0.05) is 26.5 Å². The molecular weight excluding hydrogens is 224 g/mol. The molecule has 0 saturated carbocycles. The van der Waals surface area contributed by atoms with Gasteiger partial charge in [0.25, 0.3) is 5.91 Å². The number of hydrogen-bond donors (Lipinski definition) is 0. The second-order valence-electron chi connectivity index (χ2n) is 5.08. The Morgan fingerprint density at radius 1 is 1.39 bits per heavy atom. The van der Waals surface area contributed by atoms with Crippen molar-refractivity contribution >= 4 is 12.1 Å². The van der Waals surface area contributed by atoms with Crippen LogP contribution in [-0.2, 0) is 4.79 Å². The highest BCUT2D eigenvalue weighted by molar-refractivity contribution is 6.12. The predicted octanol–water partition coefficient (Wildman–Crippen LogP) is 3.04. The van der Waals surface area contributed by atoms with E-state index in [2.05, 4.69) is 25.4 Å². The summed E-state index contributed by atoms with van der Waals surface area (Å²) in [4.78, 5) is 18.1. The Labute approximate surface area is 110 Å². The first-order valence-corrected chi connectivity index (χ1v) is 6.69. The maximum Gasteiger partial charge on any atom is 0.255 e. The van der Waals surface area contributed by atoms with E-state index >= 15 is 0 Å². The first-order chi connectivity index (χ1) is 8.60. The van der Waals surface area contributed by atoms with Gasteiger partial charge in [-0.05, 0) is 31.6 Å². The van der Waals surface area contributed by atoms with E-state index in [0.29, 0.717) is 11.5 Å². The largest absolute Gasteiger partial charge is 0.339 e. The summed E-state index contributed by atoms with van der Waals surface area (Å²) in [6.45, 7) is 11.6. The van der Waals surface area contributed by atoms with Gasteiger partial charge in [0.1, 0.15) is 0 Å². The van der Waals surface area contributed by atoms with Crippen LogP contribution in [-0.4, -0.2) is 30.1 Å². The summed E-state index contributed by atoms with van der Waals surface area (Å²) < 4.78 is 0. The number of hydrogen-bond acceptors (Lipinski definition) is 2. The van der Waals surface area contributed by atoms with E-state index in [9.17, 15) is 4.79 Å². The predicted molar refractivity (Wildman–Crippen MR) is 76.6 cm³/mol. The van der Waals surface area contributed by atoms with Crippen LogP contribution < -0.4 is 0 Å². The number of aliphatic imine (C=N–C) groups is 1. The van der Waals surface area contributed by atoms with Gasteiger partial charge in [-0.2, -0.15) is 0 Å². The summed E-state index contributed by atoms with van der Waals surface area (Å²) >= 11 is 0. The Hall–Kier alpha value is -1.38. The topological polar surface area (TPSA) is 32.7 Å². The lowest BCUT2D eigenvalue weighted by Gasteiger charge is -2.34. The highest BCUT2D eigenvalue weighted by Gasteiger charge is 2.25. The molecule has 0 aliphatic carbocycles. The van der Waals surface area contributed by atoms with Crippen LogP contribution in [0, 0.1) is 11.8 Å². The zero-order chi connectivity index (χ0) is 13.5. The van der Waals surface area contributed by atoms with Gasteiger partial charge in [-0.15, -0.1) is 0 Å². The van der Waals surface area contributed by atoms with Crippen LogP contribution in [0.15, 0.2) is 29.4 Å². The fourth-order valence-corrected chi connectivity index (χ4v) is 2.34. The Balaban J connectivity index is 2.59. The number of allylic oxidation sites excluding steroid dienone is 1. The molecule has 1 aliphatic rings. The highest BCUT2D eigenvalue weighted by Crippen LogP contribution is 2.24. The molecule has 1 aliphatic heterocycles. The van der Waals surface area contributed by atoms with Gasteiger partial charge >= 0.3 is 0 Å². The lowest BCUT2D eigenvalue weighted by atomic mass is 9.86. The Morgan fingerprint density at radius 2 is 2.00 bits per heavy atom. The smallest absolute Gasteiger partial charge is 0.255 e. The van der Waals surface area contributed by atoms with Crippen molar-refractivity contribution in [2.75, 3.05) is 13.1 Å². The summed E-state index contributed by atoms with van der Waals surface area (Å²) in [5.41, 5.74) is 0.651. The first kappa shape index (κ1) is 14.7. The van der Waals surface area contributed by atoms with Crippen LogP contribution >= 0.6 is 0 Å². The van der Waals surface area contributed by atoms with Crippen molar-refractivity contribution in [3.8, 4) is 0 Å². The number of rotatable bonds is 4. The molecule has 1 rings (SSSR count). The van der Waals surface area contributed by atoms with Crippen LogP contribution in [0.5, 0.6) is 0 Å². The van der Waals surface area contributed by atoms with E-state index in [0.717, 1.165) is 31.8 Å². The Morgan fingerprint density at radius 3 is 2.44 bits per heavy atom. The summed E-state index contributed by atoms with van der Waals surface area (Å²) in [6.07, 6.45) is 7.06. The monoisotopic (exact) mass is 248 g/mol. The van der Waals surface area contributed by atoms with Crippen LogP contribution in [0.4, 0.5) is 0 Å². The molecule has 0 aromatic rings. The molecule has 0 bridgehead atoms. The summed E-state index contributed by atoms with van der Waals surface area (Å²) in [5, 5.41) is 0. The molecule has 100 valence electrons. The second kappa shape index (κ2) is 7.14. The molecule has 1 saturated heterocycles. The third-order valence-corrected chi connectivity index (χ3v) is 3.65. The van der Waals surface area contributed by atoms with Crippen LogP contribution in [0.3, 0.4) is 0 Å². The lowest BCUT2D eigenvalue weighted by Crippen LogP contribution is -2.40. The Kier molecular flexibility index (Phi) is 5.83. The van der Waals surface area contributed by atoms with Crippen LogP contribution in [0.1, 0.15) is 33.6 Å². The van der Waals surface area contributed by atoms with Gasteiger partial charge in [0.2, 0.25) is 0 Å². The normalized spacial score (nSPS) is 18.7. The average Bonchev–Trinajstić information content (AvgIpc) is 2.39. The fourth-order valence-electron chi connectivity index (χ4n) is 2.34. The van der Waals surface area contributed by atoms with Crippen molar-refractivity contribution in [2.24, 2.45) is 16.8 Å². The van der Waals surface area contributed by atoms with Gasteiger partial charge < -0.3 is 4.90 Å². The molecule has 0 atom stereocenters. The van der Waals surface area contributed by atoms with E-state index in [-0.39, 0.29) is 5.91 Å². The van der Waals surface area contributed by atoms with E-state index in [1.54, 1.807) is 6.21 Å². The van der Waals surface area contributed by atoms with Gasteiger partial charge in [0.15, 0.2) is 0 Å². The lowest BCUT2D eigenvalue weighted by molar-refractivity contribution is -0.128. The number of piperidine rings is 1. The van der Waals surface area contributed by atoms with Crippen molar-refractivity contribution in [1.82, 2.24) is 4.90 Å². The third kappa shape index (κ3) is 3.83. The molecule has 0 unspecified atom stereocenters. The quantitative estimate of drug-likeness (QED) is 0.556. The molecule has 0 radical (unpaired) electrons. The molecule has 1 fully saturated rings. The number of nitrogens with zero attached hydrogens (tertiary/aromatic N) is 2. The zero-order valence-corrected chi connectivity index (χ0v) is 11.7. The summed E-state index contributed by atoms with van der Waals surface area (Å²) in [7, 11) is 0.